The highest BCUT2D eigenvalue weighted by molar-refractivity contribution is 7.99. The van der Waals surface area contributed by atoms with Crippen molar-refractivity contribution < 1.29 is 47.6 Å². The lowest BCUT2D eigenvalue weighted by molar-refractivity contribution is -0.0424. The summed E-state index contributed by atoms with van der Waals surface area (Å²) in [5.41, 5.74) is 1.08. The minimum atomic E-state index is -4.67. The molecule has 1 fully saturated rings. The van der Waals surface area contributed by atoms with Crippen LogP contribution in [-0.2, 0) is 22.9 Å². The summed E-state index contributed by atoms with van der Waals surface area (Å²) in [4.78, 5) is 47.9. The van der Waals surface area contributed by atoms with Crippen molar-refractivity contribution >= 4 is 38.6 Å². The molecule has 2 aromatic rings. The van der Waals surface area contributed by atoms with E-state index in [-0.39, 0.29) is 13.0 Å². The summed E-state index contributed by atoms with van der Waals surface area (Å²) in [6.45, 7) is -0.429. The van der Waals surface area contributed by atoms with Crippen molar-refractivity contribution in [3.8, 4) is 0 Å². The van der Waals surface area contributed by atoms with Gasteiger partial charge in [0, 0.05) is 6.42 Å². The van der Waals surface area contributed by atoms with Gasteiger partial charge in [-0.3, -0.25) is 13.6 Å². The zero-order chi connectivity index (χ0) is 24.1. The molecule has 0 bridgehead atoms. The number of fused-ring (bicyclic) bond motifs is 1. The zero-order valence-electron chi connectivity index (χ0n) is 17.4. The Bertz CT molecular complexity index is 1010. The molecule has 33 heavy (non-hydrogen) atoms. The van der Waals surface area contributed by atoms with Gasteiger partial charge in [-0.25, -0.2) is 24.1 Å². The number of phosphoric ester groups is 2. The fourth-order valence-electron chi connectivity index (χ4n) is 3.26. The highest BCUT2D eigenvalue weighted by Gasteiger charge is 2.37. The molecule has 0 aromatic carbocycles. The van der Waals surface area contributed by atoms with Crippen LogP contribution in [0.2, 0.25) is 0 Å². The van der Waals surface area contributed by atoms with Crippen LogP contribution >= 0.6 is 27.4 Å². The quantitative estimate of drug-likeness (QED) is 0.108. The highest BCUT2D eigenvalue weighted by atomic mass is 32.2. The number of hydrogen-bond acceptors (Lipinski definition) is 10. The second-order valence-electron chi connectivity index (χ2n) is 7.31. The molecule has 1 aliphatic rings. The summed E-state index contributed by atoms with van der Waals surface area (Å²) in [6.07, 6.45) is 3.68. The van der Waals surface area contributed by atoms with Gasteiger partial charge in [-0.1, -0.05) is 12.8 Å². The van der Waals surface area contributed by atoms with E-state index < -0.39 is 40.7 Å². The van der Waals surface area contributed by atoms with E-state index in [1.54, 1.807) is 4.57 Å². The number of nitrogens with zero attached hydrogens (tertiary/aromatic N) is 4. The van der Waals surface area contributed by atoms with Crippen LogP contribution in [0.3, 0.4) is 0 Å². The Morgan fingerprint density at radius 2 is 1.79 bits per heavy atom. The third kappa shape index (κ3) is 8.34. The molecule has 3 heterocycles. The molecule has 0 radical (unpaired) electrons. The summed E-state index contributed by atoms with van der Waals surface area (Å²) < 4.78 is 37.7. The predicted molar refractivity (Wildman–Crippen MR) is 115 cm³/mol. The fourth-order valence-corrected chi connectivity index (χ4v) is 4.92. The molecule has 0 spiro atoms. The van der Waals surface area contributed by atoms with Crippen LogP contribution in [-0.4, -0.2) is 75.4 Å². The van der Waals surface area contributed by atoms with Crippen LogP contribution in [0, 0.1) is 0 Å². The van der Waals surface area contributed by atoms with Gasteiger partial charge in [-0.15, -0.1) is 11.8 Å². The molecule has 0 aliphatic carbocycles. The summed E-state index contributed by atoms with van der Waals surface area (Å²) >= 11 is 1.51. The Balaban J connectivity index is 1.50. The molecule has 14 nitrogen and oxygen atoms in total. The summed E-state index contributed by atoms with van der Waals surface area (Å²) in [5.74, 6) is 0.763. The normalized spacial score (nSPS) is 21.8. The Hall–Kier alpha value is -0.960. The van der Waals surface area contributed by atoms with Crippen LogP contribution < -0.4 is 0 Å². The SMILES string of the molecule is O=P(O)(O)OCCCCCCSc1ncnc2c1ncn2[C@H]1C[C@H](O)[C@@H](COP(=O)(O)O)O1. The van der Waals surface area contributed by atoms with Crippen molar-refractivity contribution in [2.75, 3.05) is 19.0 Å². The van der Waals surface area contributed by atoms with Crippen molar-refractivity contribution in [2.45, 2.75) is 55.6 Å². The largest absolute Gasteiger partial charge is 0.469 e. The number of thioether (sulfide) groups is 1. The van der Waals surface area contributed by atoms with Crippen molar-refractivity contribution in [3.63, 3.8) is 0 Å². The number of phosphoric acid groups is 2. The van der Waals surface area contributed by atoms with E-state index >= 15 is 0 Å². The first-order chi connectivity index (χ1) is 15.5. The molecule has 0 amide bonds. The van der Waals surface area contributed by atoms with Crippen molar-refractivity contribution in [1.82, 2.24) is 19.5 Å². The number of aliphatic hydroxyl groups is 1. The predicted octanol–water partition coefficient (Wildman–Crippen LogP) is 1.35. The van der Waals surface area contributed by atoms with Gasteiger partial charge in [0.1, 0.15) is 29.2 Å². The molecule has 2 aromatic heterocycles. The first-order valence-corrected chi connectivity index (χ1v) is 14.1. The first-order valence-electron chi connectivity index (χ1n) is 10.1. The van der Waals surface area contributed by atoms with Gasteiger partial charge < -0.3 is 29.4 Å². The van der Waals surface area contributed by atoms with Gasteiger partial charge >= 0.3 is 15.6 Å². The van der Waals surface area contributed by atoms with Gasteiger partial charge in [-0.05, 0) is 18.6 Å². The first kappa shape index (κ1) is 26.6. The van der Waals surface area contributed by atoms with Crippen molar-refractivity contribution in [2.24, 2.45) is 0 Å². The number of rotatable bonds is 13. The van der Waals surface area contributed by atoms with E-state index in [2.05, 4.69) is 24.0 Å². The van der Waals surface area contributed by atoms with Crippen molar-refractivity contribution in [3.05, 3.63) is 12.7 Å². The summed E-state index contributed by atoms with van der Waals surface area (Å²) in [5, 5.41) is 10.9. The monoisotopic (exact) mass is 528 g/mol. The van der Waals surface area contributed by atoms with Gasteiger partial charge in [0.2, 0.25) is 0 Å². The topological polar surface area (TPSA) is 207 Å². The molecular weight excluding hydrogens is 502 g/mol. The molecule has 5 N–H and O–H groups in total. The average Bonchev–Trinajstić information content (AvgIpc) is 3.30. The van der Waals surface area contributed by atoms with Gasteiger partial charge in [0.15, 0.2) is 5.65 Å². The number of aromatic nitrogens is 4. The molecule has 1 saturated heterocycles. The van der Waals surface area contributed by atoms with Crippen LogP contribution in [0.4, 0.5) is 0 Å². The third-order valence-electron chi connectivity index (χ3n) is 4.78. The number of aliphatic hydroxyl groups excluding tert-OH is 1. The Morgan fingerprint density at radius 3 is 2.52 bits per heavy atom. The number of imidazole rings is 1. The molecular formula is C16H26N4O10P2S. The fraction of sp³-hybridized carbons (Fsp3) is 0.688. The van der Waals surface area contributed by atoms with E-state index in [9.17, 15) is 14.2 Å². The zero-order valence-corrected chi connectivity index (χ0v) is 20.0. The minimum absolute atomic E-state index is 0.0195. The number of hydrogen-bond donors (Lipinski definition) is 5. The van der Waals surface area contributed by atoms with Gasteiger partial charge in [0.05, 0.1) is 25.6 Å². The van der Waals surface area contributed by atoms with Crippen LogP contribution in [0.1, 0.15) is 38.3 Å². The van der Waals surface area contributed by atoms with E-state index in [1.165, 1.54) is 24.4 Å². The average molecular weight is 528 g/mol. The minimum Gasteiger partial charge on any atom is -0.390 e. The maximum atomic E-state index is 10.9. The smallest absolute Gasteiger partial charge is 0.390 e. The lowest BCUT2D eigenvalue weighted by atomic mass is 10.2. The van der Waals surface area contributed by atoms with E-state index in [4.69, 9.17) is 24.3 Å². The van der Waals surface area contributed by atoms with E-state index in [1.807, 2.05) is 0 Å². The van der Waals surface area contributed by atoms with Crippen LogP contribution in [0.5, 0.6) is 0 Å². The third-order valence-corrected chi connectivity index (χ3v) is 6.85. The van der Waals surface area contributed by atoms with Crippen LogP contribution in [0.15, 0.2) is 17.7 Å². The van der Waals surface area contributed by atoms with E-state index in [0.29, 0.717) is 22.6 Å². The van der Waals surface area contributed by atoms with Crippen LogP contribution in [0.25, 0.3) is 11.2 Å². The molecule has 0 saturated carbocycles. The molecule has 17 heteroatoms. The maximum absolute atomic E-state index is 10.9. The molecule has 186 valence electrons. The second kappa shape index (κ2) is 11.6. The van der Waals surface area contributed by atoms with E-state index in [0.717, 1.165) is 25.0 Å². The standard InChI is InChI=1S/C16H26N4O10P2S/c21-11-7-13(30-12(11)8-29-32(25,26)27)20-10-19-14-15(20)17-9-18-16(14)33-6-4-2-1-3-5-28-31(22,23)24/h9-13,21H,1-8H2,(H2,22,23,24)(H2,25,26,27)/t11-,12+,13+/m0/s1. The lowest BCUT2D eigenvalue weighted by Gasteiger charge is -2.16. The molecule has 0 unspecified atom stereocenters. The Morgan fingerprint density at radius 1 is 1.06 bits per heavy atom. The molecule has 3 atom stereocenters. The number of ether oxygens (including phenoxy) is 1. The van der Waals surface area contributed by atoms with Gasteiger partial charge in [-0.2, -0.15) is 0 Å². The number of unbranched alkanes of at least 4 members (excludes halogenated alkanes) is 3. The highest BCUT2D eigenvalue weighted by Crippen LogP contribution is 2.39. The second-order valence-corrected chi connectivity index (χ2v) is 10.9. The van der Waals surface area contributed by atoms with Crippen molar-refractivity contribution in [1.29, 1.82) is 0 Å². The van der Waals surface area contributed by atoms with Gasteiger partial charge in [0.25, 0.3) is 0 Å². The Kier molecular flexibility index (Phi) is 9.40. The molecule has 1 aliphatic heterocycles. The maximum Gasteiger partial charge on any atom is 0.469 e. The summed E-state index contributed by atoms with van der Waals surface area (Å²) in [6, 6.07) is 0. The summed E-state index contributed by atoms with van der Waals surface area (Å²) in [7, 11) is -9.07. The Labute approximate surface area is 193 Å². The lowest BCUT2D eigenvalue weighted by Crippen LogP contribution is -2.25. The molecule has 3 rings (SSSR count).